The van der Waals surface area contributed by atoms with Crippen molar-refractivity contribution in [2.75, 3.05) is 11.9 Å². The van der Waals surface area contributed by atoms with E-state index >= 15 is 0 Å². The number of carbonyl (C=O) groups is 1. The number of aromatic nitrogens is 2. The number of hydrogen-bond acceptors (Lipinski definition) is 4. The fourth-order valence-electron chi connectivity index (χ4n) is 2.33. The normalized spacial score (nSPS) is 10.5. The molecule has 6 nitrogen and oxygen atoms in total. The highest BCUT2D eigenvalue weighted by atomic mass is 35.5. The van der Waals surface area contributed by atoms with Crippen LogP contribution in [0.1, 0.15) is 5.56 Å². The van der Waals surface area contributed by atoms with E-state index in [-0.39, 0.29) is 24.7 Å². The number of rotatable bonds is 6. The lowest BCUT2D eigenvalue weighted by atomic mass is 10.1. The Morgan fingerprint density at radius 3 is 2.73 bits per heavy atom. The topological polar surface area (TPSA) is 84.1 Å². The van der Waals surface area contributed by atoms with Crippen molar-refractivity contribution in [3.63, 3.8) is 0 Å². The van der Waals surface area contributed by atoms with Crippen LogP contribution in [-0.2, 0) is 16.1 Å². The molecule has 0 bridgehead atoms. The van der Waals surface area contributed by atoms with Crippen LogP contribution in [0, 0.1) is 0 Å². The highest BCUT2D eigenvalue weighted by Gasteiger charge is 2.06. The molecule has 0 unspecified atom stereocenters. The van der Waals surface area contributed by atoms with Gasteiger partial charge >= 0.3 is 0 Å². The van der Waals surface area contributed by atoms with Gasteiger partial charge < -0.3 is 10.1 Å². The lowest BCUT2D eigenvalue weighted by molar-refractivity contribution is -0.121. The molecule has 3 aromatic rings. The molecule has 0 saturated heterocycles. The summed E-state index contributed by atoms with van der Waals surface area (Å²) in [6.45, 7) is 0.167. The van der Waals surface area contributed by atoms with Crippen LogP contribution in [0.5, 0.6) is 0 Å². The molecule has 132 valence electrons. The lowest BCUT2D eigenvalue weighted by Gasteiger charge is -2.08. The van der Waals surface area contributed by atoms with Gasteiger partial charge in [0.25, 0.3) is 5.56 Å². The second kappa shape index (κ2) is 8.42. The van der Waals surface area contributed by atoms with Crippen LogP contribution in [0.4, 0.5) is 5.69 Å². The van der Waals surface area contributed by atoms with E-state index in [9.17, 15) is 9.59 Å². The highest BCUT2D eigenvalue weighted by molar-refractivity contribution is 6.31. The first-order chi connectivity index (χ1) is 12.6. The average Bonchev–Trinajstić information content (AvgIpc) is 2.64. The van der Waals surface area contributed by atoms with Crippen molar-refractivity contribution in [2.45, 2.75) is 6.61 Å². The summed E-state index contributed by atoms with van der Waals surface area (Å²) in [5, 5.41) is 9.73. The molecule has 3 rings (SSSR count). The Bertz CT molecular complexity index is 951. The van der Waals surface area contributed by atoms with Crippen molar-refractivity contribution in [3.05, 3.63) is 81.6 Å². The molecular formula is C19H16ClN3O3. The molecule has 0 aliphatic carbocycles. The molecule has 2 aromatic carbocycles. The molecule has 0 aliphatic rings. The van der Waals surface area contributed by atoms with Crippen LogP contribution in [0.15, 0.2) is 65.5 Å². The molecule has 0 atom stereocenters. The van der Waals surface area contributed by atoms with Crippen molar-refractivity contribution in [3.8, 4) is 11.3 Å². The number of nitrogens with one attached hydrogen (secondary N) is 2. The molecule has 1 amide bonds. The minimum atomic E-state index is -0.274. The molecule has 1 heterocycles. The monoisotopic (exact) mass is 369 g/mol. The minimum absolute atomic E-state index is 0.0909. The van der Waals surface area contributed by atoms with E-state index in [1.54, 1.807) is 30.3 Å². The Balaban J connectivity index is 1.57. The maximum atomic E-state index is 12.0. The van der Waals surface area contributed by atoms with Crippen molar-refractivity contribution in [1.29, 1.82) is 0 Å². The Hall–Kier alpha value is -2.96. The number of hydrogen-bond donors (Lipinski definition) is 2. The van der Waals surface area contributed by atoms with Gasteiger partial charge in [-0.1, -0.05) is 41.9 Å². The summed E-state index contributed by atoms with van der Waals surface area (Å²) in [6, 6.07) is 17.5. The number of halogens is 1. The van der Waals surface area contributed by atoms with E-state index < -0.39 is 0 Å². The third-order valence-electron chi connectivity index (χ3n) is 3.57. The van der Waals surface area contributed by atoms with Gasteiger partial charge in [0.1, 0.15) is 6.61 Å². The Kier molecular flexibility index (Phi) is 5.78. The number of carbonyl (C=O) groups excluding carboxylic acids is 1. The third kappa shape index (κ3) is 4.78. The fraction of sp³-hybridized carbons (Fsp3) is 0.105. The van der Waals surface area contributed by atoms with Gasteiger partial charge in [0, 0.05) is 22.3 Å². The van der Waals surface area contributed by atoms with Gasteiger partial charge in [0.15, 0.2) is 0 Å². The maximum Gasteiger partial charge on any atom is 0.264 e. The number of ether oxygens (including phenoxy) is 1. The predicted octanol–water partition coefficient (Wildman–Crippen LogP) is 3.25. The quantitative estimate of drug-likeness (QED) is 0.698. The zero-order valence-electron chi connectivity index (χ0n) is 13.7. The first kappa shape index (κ1) is 17.8. The number of amides is 1. The molecule has 1 aromatic heterocycles. The number of aromatic amines is 1. The average molecular weight is 370 g/mol. The largest absolute Gasteiger partial charge is 0.367 e. The molecular weight excluding hydrogens is 354 g/mol. The molecule has 0 saturated carbocycles. The summed E-state index contributed by atoms with van der Waals surface area (Å²) >= 11 is 6.05. The van der Waals surface area contributed by atoms with Gasteiger partial charge in [-0.2, -0.15) is 5.10 Å². The second-order valence-corrected chi connectivity index (χ2v) is 5.93. The summed E-state index contributed by atoms with van der Waals surface area (Å²) in [7, 11) is 0. The maximum absolute atomic E-state index is 12.0. The lowest BCUT2D eigenvalue weighted by Crippen LogP contribution is -2.18. The van der Waals surface area contributed by atoms with E-state index in [0.717, 1.165) is 11.1 Å². The first-order valence-electron chi connectivity index (χ1n) is 7.89. The fourth-order valence-corrected chi connectivity index (χ4v) is 2.52. The molecule has 26 heavy (non-hydrogen) atoms. The highest BCUT2D eigenvalue weighted by Crippen LogP contribution is 2.20. The standard InChI is InChI=1S/C19H16ClN3O3/c20-16-7-2-1-4-14(16)11-26-12-19(25)21-15-6-3-5-13(10-15)17-8-9-18(24)23-22-17/h1-10H,11-12H2,(H,21,25)(H,23,24). The number of nitrogens with zero attached hydrogens (tertiary/aromatic N) is 1. The number of benzene rings is 2. The van der Waals surface area contributed by atoms with Crippen LogP contribution >= 0.6 is 11.6 Å². The Morgan fingerprint density at radius 1 is 1.12 bits per heavy atom. The second-order valence-electron chi connectivity index (χ2n) is 5.52. The van der Waals surface area contributed by atoms with Gasteiger partial charge in [0.05, 0.1) is 12.3 Å². The summed E-state index contributed by atoms with van der Waals surface area (Å²) in [6.07, 6.45) is 0. The zero-order valence-corrected chi connectivity index (χ0v) is 14.5. The molecule has 2 N–H and O–H groups in total. The summed E-state index contributed by atoms with van der Waals surface area (Å²) in [5.74, 6) is -0.274. The van der Waals surface area contributed by atoms with Gasteiger partial charge in [0.2, 0.25) is 5.91 Å². The third-order valence-corrected chi connectivity index (χ3v) is 3.94. The van der Waals surface area contributed by atoms with E-state index in [2.05, 4.69) is 15.5 Å². The van der Waals surface area contributed by atoms with Crippen molar-refractivity contribution in [2.24, 2.45) is 0 Å². The van der Waals surface area contributed by atoms with E-state index in [4.69, 9.17) is 16.3 Å². The summed E-state index contributed by atoms with van der Waals surface area (Å²) in [4.78, 5) is 23.1. The van der Waals surface area contributed by atoms with Gasteiger partial charge in [-0.3, -0.25) is 9.59 Å². The van der Waals surface area contributed by atoms with Crippen molar-refractivity contribution < 1.29 is 9.53 Å². The van der Waals surface area contributed by atoms with Crippen LogP contribution in [0.2, 0.25) is 5.02 Å². The van der Waals surface area contributed by atoms with Crippen molar-refractivity contribution in [1.82, 2.24) is 10.2 Å². The first-order valence-corrected chi connectivity index (χ1v) is 8.27. The molecule has 0 fully saturated rings. The smallest absolute Gasteiger partial charge is 0.264 e. The van der Waals surface area contributed by atoms with E-state index in [1.807, 2.05) is 24.3 Å². The van der Waals surface area contributed by atoms with Crippen LogP contribution in [0.25, 0.3) is 11.3 Å². The summed E-state index contributed by atoms with van der Waals surface area (Å²) < 4.78 is 5.41. The molecule has 7 heteroatoms. The van der Waals surface area contributed by atoms with Crippen LogP contribution in [0.3, 0.4) is 0 Å². The number of anilines is 1. The van der Waals surface area contributed by atoms with Crippen LogP contribution in [-0.4, -0.2) is 22.7 Å². The van der Waals surface area contributed by atoms with Gasteiger partial charge in [-0.15, -0.1) is 0 Å². The Morgan fingerprint density at radius 2 is 1.96 bits per heavy atom. The van der Waals surface area contributed by atoms with E-state index in [1.165, 1.54) is 6.07 Å². The minimum Gasteiger partial charge on any atom is -0.367 e. The molecule has 0 spiro atoms. The molecule has 0 radical (unpaired) electrons. The number of H-pyrrole nitrogens is 1. The van der Waals surface area contributed by atoms with Gasteiger partial charge in [-0.05, 0) is 29.8 Å². The van der Waals surface area contributed by atoms with E-state index in [0.29, 0.717) is 16.4 Å². The zero-order chi connectivity index (χ0) is 18.4. The molecule has 0 aliphatic heterocycles. The van der Waals surface area contributed by atoms with Crippen LogP contribution < -0.4 is 10.9 Å². The SMILES string of the molecule is O=C(COCc1ccccc1Cl)Nc1cccc(-c2ccc(=O)[nH]n2)c1. The van der Waals surface area contributed by atoms with Gasteiger partial charge in [-0.25, -0.2) is 5.10 Å². The Labute approximate surface area is 154 Å². The summed E-state index contributed by atoms with van der Waals surface area (Å²) in [5.41, 5.74) is 2.55. The van der Waals surface area contributed by atoms with Crippen molar-refractivity contribution >= 4 is 23.2 Å². The predicted molar refractivity (Wildman–Crippen MR) is 100 cm³/mol.